The molecular formula is C15H22ClNO. The second-order valence-electron chi connectivity index (χ2n) is 5.30. The molecule has 0 radical (unpaired) electrons. The standard InChI is InChI=1S/C15H22ClNO/c1-11-5-7-14(8-6-11)18-15(10-17)12-3-2-4-13(16)9-12/h2-4,9,11,14-15H,5-8,10,17H2,1H3. The van der Waals surface area contributed by atoms with Gasteiger partial charge in [0.25, 0.3) is 0 Å². The Morgan fingerprint density at radius 3 is 2.67 bits per heavy atom. The highest BCUT2D eigenvalue weighted by Gasteiger charge is 2.22. The first kappa shape index (κ1) is 13.9. The van der Waals surface area contributed by atoms with E-state index in [1.807, 2.05) is 24.3 Å². The van der Waals surface area contributed by atoms with E-state index in [2.05, 4.69) is 6.92 Å². The summed E-state index contributed by atoms with van der Waals surface area (Å²) in [5.41, 5.74) is 6.92. The Morgan fingerprint density at radius 2 is 2.06 bits per heavy atom. The van der Waals surface area contributed by atoms with Crippen molar-refractivity contribution in [3.05, 3.63) is 34.9 Å². The number of nitrogens with two attached hydrogens (primary N) is 1. The van der Waals surface area contributed by atoms with Gasteiger partial charge in [-0.05, 0) is 49.3 Å². The van der Waals surface area contributed by atoms with E-state index in [9.17, 15) is 0 Å². The van der Waals surface area contributed by atoms with Crippen LogP contribution in [0.15, 0.2) is 24.3 Å². The summed E-state index contributed by atoms with van der Waals surface area (Å²) in [6.45, 7) is 2.82. The average Bonchev–Trinajstić information content (AvgIpc) is 2.38. The molecule has 1 aromatic carbocycles. The van der Waals surface area contributed by atoms with Gasteiger partial charge < -0.3 is 10.5 Å². The Labute approximate surface area is 114 Å². The molecule has 1 aromatic rings. The van der Waals surface area contributed by atoms with E-state index < -0.39 is 0 Å². The fourth-order valence-corrected chi connectivity index (χ4v) is 2.77. The molecule has 3 heteroatoms. The quantitative estimate of drug-likeness (QED) is 0.897. The molecule has 1 atom stereocenters. The topological polar surface area (TPSA) is 35.2 Å². The van der Waals surface area contributed by atoms with Gasteiger partial charge in [0.1, 0.15) is 0 Å². The average molecular weight is 268 g/mol. The van der Waals surface area contributed by atoms with E-state index in [1.165, 1.54) is 12.8 Å². The predicted molar refractivity (Wildman–Crippen MR) is 75.8 cm³/mol. The van der Waals surface area contributed by atoms with Crippen LogP contribution in [-0.4, -0.2) is 12.6 Å². The zero-order chi connectivity index (χ0) is 13.0. The molecule has 0 spiro atoms. The smallest absolute Gasteiger partial charge is 0.0951 e. The minimum atomic E-state index is -0.0258. The molecule has 1 unspecified atom stereocenters. The fraction of sp³-hybridized carbons (Fsp3) is 0.600. The van der Waals surface area contributed by atoms with Crippen LogP contribution in [-0.2, 0) is 4.74 Å². The first-order chi connectivity index (χ1) is 8.69. The lowest BCUT2D eigenvalue weighted by atomic mass is 9.89. The summed E-state index contributed by atoms with van der Waals surface area (Å²) in [6.07, 6.45) is 5.15. The molecule has 1 saturated carbocycles. The molecule has 100 valence electrons. The van der Waals surface area contributed by atoms with Gasteiger partial charge in [-0.1, -0.05) is 30.7 Å². The van der Waals surface area contributed by atoms with Crippen LogP contribution in [0, 0.1) is 5.92 Å². The third-order valence-corrected chi connectivity index (χ3v) is 3.99. The maximum absolute atomic E-state index is 6.15. The van der Waals surface area contributed by atoms with Crippen molar-refractivity contribution in [2.24, 2.45) is 11.7 Å². The SMILES string of the molecule is CC1CCC(OC(CN)c2cccc(Cl)c2)CC1. The molecule has 0 amide bonds. The second-order valence-corrected chi connectivity index (χ2v) is 5.73. The molecule has 0 aromatic heterocycles. The van der Waals surface area contributed by atoms with Crippen LogP contribution in [0.4, 0.5) is 0 Å². The van der Waals surface area contributed by atoms with Crippen LogP contribution >= 0.6 is 11.6 Å². The number of halogens is 1. The minimum Gasteiger partial charge on any atom is -0.369 e. The number of ether oxygens (including phenoxy) is 1. The summed E-state index contributed by atoms with van der Waals surface area (Å²) in [7, 11) is 0. The molecule has 1 aliphatic carbocycles. The molecular weight excluding hydrogens is 246 g/mol. The third kappa shape index (κ3) is 3.71. The lowest BCUT2D eigenvalue weighted by molar-refractivity contribution is -0.0327. The predicted octanol–water partition coefficient (Wildman–Crippen LogP) is 3.94. The number of rotatable bonds is 4. The Balaban J connectivity index is 1.97. The van der Waals surface area contributed by atoms with Crippen molar-refractivity contribution in [1.82, 2.24) is 0 Å². The number of hydrogen-bond acceptors (Lipinski definition) is 2. The van der Waals surface area contributed by atoms with E-state index >= 15 is 0 Å². The van der Waals surface area contributed by atoms with Crippen molar-refractivity contribution in [3.8, 4) is 0 Å². The van der Waals surface area contributed by atoms with Crippen LogP contribution in [0.1, 0.15) is 44.3 Å². The largest absolute Gasteiger partial charge is 0.369 e. The van der Waals surface area contributed by atoms with Crippen molar-refractivity contribution in [1.29, 1.82) is 0 Å². The van der Waals surface area contributed by atoms with Crippen LogP contribution in [0.5, 0.6) is 0 Å². The molecule has 18 heavy (non-hydrogen) atoms. The molecule has 0 bridgehead atoms. The number of benzene rings is 1. The molecule has 0 aliphatic heterocycles. The molecule has 2 rings (SSSR count). The Kier molecular flexibility index (Phi) is 5.04. The van der Waals surface area contributed by atoms with Gasteiger partial charge in [0.05, 0.1) is 12.2 Å². The van der Waals surface area contributed by atoms with E-state index in [0.717, 1.165) is 29.3 Å². The molecule has 2 nitrogen and oxygen atoms in total. The van der Waals surface area contributed by atoms with Gasteiger partial charge in [-0.15, -0.1) is 0 Å². The minimum absolute atomic E-state index is 0.0258. The third-order valence-electron chi connectivity index (χ3n) is 3.75. The van der Waals surface area contributed by atoms with E-state index in [4.69, 9.17) is 22.1 Å². The molecule has 1 fully saturated rings. The van der Waals surface area contributed by atoms with Gasteiger partial charge >= 0.3 is 0 Å². The maximum Gasteiger partial charge on any atom is 0.0951 e. The Hall–Kier alpha value is -0.570. The normalized spacial score (nSPS) is 25.9. The van der Waals surface area contributed by atoms with Crippen LogP contribution in [0.25, 0.3) is 0 Å². The number of hydrogen-bond donors (Lipinski definition) is 1. The van der Waals surface area contributed by atoms with Gasteiger partial charge in [0.15, 0.2) is 0 Å². The first-order valence-corrected chi connectivity index (χ1v) is 7.18. The maximum atomic E-state index is 6.15. The molecule has 0 saturated heterocycles. The van der Waals surface area contributed by atoms with Gasteiger partial charge in [-0.25, -0.2) is 0 Å². The summed E-state index contributed by atoms with van der Waals surface area (Å²) in [6, 6.07) is 7.81. The van der Waals surface area contributed by atoms with Gasteiger partial charge in [0, 0.05) is 11.6 Å². The van der Waals surface area contributed by atoms with E-state index in [-0.39, 0.29) is 6.10 Å². The van der Waals surface area contributed by atoms with Gasteiger partial charge in [-0.3, -0.25) is 0 Å². The summed E-state index contributed by atoms with van der Waals surface area (Å²) >= 11 is 6.01. The van der Waals surface area contributed by atoms with Crippen LogP contribution in [0.3, 0.4) is 0 Å². The summed E-state index contributed by atoms with van der Waals surface area (Å²) in [4.78, 5) is 0. The highest BCUT2D eigenvalue weighted by Crippen LogP contribution is 2.30. The van der Waals surface area contributed by atoms with Crippen molar-refractivity contribution >= 4 is 11.6 Å². The van der Waals surface area contributed by atoms with E-state index in [1.54, 1.807) is 0 Å². The molecule has 0 heterocycles. The Morgan fingerprint density at radius 1 is 1.33 bits per heavy atom. The van der Waals surface area contributed by atoms with Crippen molar-refractivity contribution in [3.63, 3.8) is 0 Å². The second kappa shape index (κ2) is 6.55. The summed E-state index contributed by atoms with van der Waals surface area (Å²) < 4.78 is 6.15. The zero-order valence-electron chi connectivity index (χ0n) is 10.9. The van der Waals surface area contributed by atoms with Gasteiger partial charge in [0.2, 0.25) is 0 Å². The monoisotopic (exact) mass is 267 g/mol. The molecule has 1 aliphatic rings. The van der Waals surface area contributed by atoms with Crippen molar-refractivity contribution in [2.75, 3.05) is 6.54 Å². The van der Waals surface area contributed by atoms with Crippen molar-refractivity contribution in [2.45, 2.75) is 44.8 Å². The van der Waals surface area contributed by atoms with Crippen LogP contribution < -0.4 is 5.73 Å². The highest BCUT2D eigenvalue weighted by atomic mass is 35.5. The van der Waals surface area contributed by atoms with E-state index in [0.29, 0.717) is 12.6 Å². The zero-order valence-corrected chi connectivity index (χ0v) is 11.7. The van der Waals surface area contributed by atoms with Crippen molar-refractivity contribution < 1.29 is 4.74 Å². The highest BCUT2D eigenvalue weighted by molar-refractivity contribution is 6.30. The summed E-state index contributed by atoms with van der Waals surface area (Å²) in [5, 5.41) is 0.742. The summed E-state index contributed by atoms with van der Waals surface area (Å²) in [5.74, 6) is 0.840. The van der Waals surface area contributed by atoms with Crippen LogP contribution in [0.2, 0.25) is 5.02 Å². The lowest BCUT2D eigenvalue weighted by Gasteiger charge is -2.30. The van der Waals surface area contributed by atoms with Gasteiger partial charge in [-0.2, -0.15) is 0 Å². The first-order valence-electron chi connectivity index (χ1n) is 6.80. The fourth-order valence-electron chi connectivity index (χ4n) is 2.57. The molecule has 2 N–H and O–H groups in total. The lowest BCUT2D eigenvalue weighted by Crippen LogP contribution is -2.26. The Bertz CT molecular complexity index is 375.